The Hall–Kier alpha value is -3.80. The van der Waals surface area contributed by atoms with Crippen LogP contribution in [0.4, 0.5) is 11.5 Å². The molecular weight excluding hydrogens is 524 g/mol. The lowest BCUT2D eigenvalue weighted by Crippen LogP contribution is -2.41. The molecule has 6 rings (SSSR count). The standard InChI is InChI=1S/C30H36N6O5/c1-30(2)14-19-13-24-29(40)36(7-6-35(24)25(19)15-30)27-22(18-37)21(4-5-31-27)20-12-23(28(39)33(3)16-20)32-26(38)17-34-8-10-41-11-9-34/h4-5,12-13,16,37H,6-11,14-15,17-18H2,1-3H3,(H,32,38). The Morgan fingerprint density at radius 2 is 1.90 bits per heavy atom. The molecular formula is C30H36N6O5. The van der Waals surface area contributed by atoms with Crippen LogP contribution in [0.25, 0.3) is 11.1 Å². The minimum absolute atomic E-state index is 0.140. The fraction of sp³-hybridized carbons (Fsp3) is 0.467. The highest BCUT2D eigenvalue weighted by Gasteiger charge is 2.37. The Kier molecular flexibility index (Phi) is 7.04. The number of aliphatic hydroxyl groups is 1. The number of hydrogen-bond donors (Lipinski definition) is 2. The fourth-order valence-electron chi connectivity index (χ4n) is 6.35. The zero-order chi connectivity index (χ0) is 28.9. The minimum atomic E-state index is -0.352. The summed E-state index contributed by atoms with van der Waals surface area (Å²) in [6.07, 6.45) is 5.16. The Morgan fingerprint density at radius 1 is 1.12 bits per heavy atom. The van der Waals surface area contributed by atoms with Crippen molar-refractivity contribution in [2.75, 3.05) is 49.6 Å². The number of aliphatic hydroxyl groups excluding tert-OH is 1. The second-order valence-electron chi connectivity index (χ2n) is 11.9. The van der Waals surface area contributed by atoms with Gasteiger partial charge in [-0.2, -0.15) is 0 Å². The Morgan fingerprint density at radius 3 is 2.66 bits per heavy atom. The summed E-state index contributed by atoms with van der Waals surface area (Å²) in [6.45, 7) is 7.87. The molecule has 11 nitrogen and oxygen atoms in total. The summed E-state index contributed by atoms with van der Waals surface area (Å²) in [6, 6.07) is 5.38. The molecule has 0 atom stereocenters. The lowest BCUT2D eigenvalue weighted by atomic mass is 9.90. The molecule has 0 radical (unpaired) electrons. The van der Waals surface area contributed by atoms with Gasteiger partial charge in [-0.25, -0.2) is 4.98 Å². The van der Waals surface area contributed by atoms with Crippen molar-refractivity contribution in [1.29, 1.82) is 0 Å². The van der Waals surface area contributed by atoms with Gasteiger partial charge < -0.3 is 24.3 Å². The van der Waals surface area contributed by atoms with Gasteiger partial charge in [0, 0.05) is 62.4 Å². The van der Waals surface area contributed by atoms with Crippen molar-refractivity contribution in [3.05, 3.63) is 63.5 Å². The van der Waals surface area contributed by atoms with E-state index in [1.807, 2.05) is 11.0 Å². The third kappa shape index (κ3) is 5.09. The number of fused-ring (bicyclic) bond motifs is 3. The number of morpholine rings is 1. The quantitative estimate of drug-likeness (QED) is 0.472. The molecule has 5 heterocycles. The van der Waals surface area contributed by atoms with Gasteiger partial charge in [-0.1, -0.05) is 13.8 Å². The molecule has 0 saturated carbocycles. The minimum Gasteiger partial charge on any atom is -0.392 e. The second kappa shape index (κ2) is 10.6. The van der Waals surface area contributed by atoms with Crippen LogP contribution in [0.15, 0.2) is 35.4 Å². The van der Waals surface area contributed by atoms with Crippen molar-refractivity contribution in [3.8, 4) is 11.1 Å². The van der Waals surface area contributed by atoms with Crippen LogP contribution in [0.1, 0.15) is 41.2 Å². The maximum absolute atomic E-state index is 13.7. The maximum atomic E-state index is 13.7. The number of amides is 2. The Labute approximate surface area is 238 Å². The van der Waals surface area contributed by atoms with E-state index in [4.69, 9.17) is 4.74 Å². The largest absolute Gasteiger partial charge is 0.392 e. The van der Waals surface area contributed by atoms with E-state index in [1.165, 1.54) is 15.8 Å². The van der Waals surface area contributed by atoms with Gasteiger partial charge >= 0.3 is 0 Å². The molecule has 11 heteroatoms. The van der Waals surface area contributed by atoms with Gasteiger partial charge in [-0.3, -0.25) is 24.2 Å². The first-order valence-corrected chi connectivity index (χ1v) is 14.1. The molecule has 0 aromatic carbocycles. The number of nitrogens with zero attached hydrogens (tertiary/aromatic N) is 5. The summed E-state index contributed by atoms with van der Waals surface area (Å²) in [5, 5.41) is 13.3. The molecule has 1 fully saturated rings. The van der Waals surface area contributed by atoms with Gasteiger partial charge in [0.1, 0.15) is 17.2 Å². The van der Waals surface area contributed by atoms with Crippen LogP contribution in [0, 0.1) is 5.41 Å². The maximum Gasteiger partial charge on any atom is 0.276 e. The monoisotopic (exact) mass is 560 g/mol. The molecule has 2 aliphatic heterocycles. The number of carbonyl (C=O) groups is 2. The molecule has 1 saturated heterocycles. The summed E-state index contributed by atoms with van der Waals surface area (Å²) < 4.78 is 8.89. The number of hydrogen-bond acceptors (Lipinski definition) is 7. The van der Waals surface area contributed by atoms with Crippen molar-refractivity contribution >= 4 is 23.3 Å². The summed E-state index contributed by atoms with van der Waals surface area (Å²) in [5.41, 5.74) is 4.88. The zero-order valence-corrected chi connectivity index (χ0v) is 23.8. The average Bonchev–Trinajstić information content (AvgIpc) is 3.43. The van der Waals surface area contributed by atoms with Gasteiger partial charge in [0.2, 0.25) is 5.91 Å². The number of nitrogens with one attached hydrogen (secondary N) is 1. The summed E-state index contributed by atoms with van der Waals surface area (Å²) in [7, 11) is 1.62. The van der Waals surface area contributed by atoms with Crippen LogP contribution in [0.2, 0.25) is 0 Å². The number of aryl methyl sites for hydroxylation is 1. The Balaban J connectivity index is 1.30. The molecule has 2 amide bonds. The molecule has 0 unspecified atom stereocenters. The SMILES string of the molecule is Cn1cc(-c2ccnc(N3CCn4c(cc5c4CC(C)(C)C5)C3=O)c2CO)cc(NC(=O)CN2CCOCC2)c1=O. The number of carbonyl (C=O) groups excluding carboxylic acids is 2. The van der Waals surface area contributed by atoms with Crippen LogP contribution in [-0.4, -0.2) is 75.3 Å². The van der Waals surface area contributed by atoms with Crippen molar-refractivity contribution in [2.24, 2.45) is 12.5 Å². The van der Waals surface area contributed by atoms with Crippen LogP contribution in [0.5, 0.6) is 0 Å². The Bertz CT molecular complexity index is 1580. The summed E-state index contributed by atoms with van der Waals surface area (Å²) >= 11 is 0. The normalized spacial score (nSPS) is 18.3. The molecule has 3 aromatic heterocycles. The van der Waals surface area contributed by atoms with Crippen LogP contribution in [0.3, 0.4) is 0 Å². The lowest BCUT2D eigenvalue weighted by Gasteiger charge is -2.31. The highest BCUT2D eigenvalue weighted by atomic mass is 16.5. The molecule has 1 aliphatic carbocycles. The van der Waals surface area contributed by atoms with Crippen LogP contribution >= 0.6 is 0 Å². The molecule has 0 bridgehead atoms. The first-order chi connectivity index (χ1) is 19.6. The molecule has 41 heavy (non-hydrogen) atoms. The number of anilines is 2. The van der Waals surface area contributed by atoms with Gasteiger partial charge in [-0.15, -0.1) is 0 Å². The van der Waals surface area contributed by atoms with E-state index < -0.39 is 0 Å². The highest BCUT2D eigenvalue weighted by Crippen LogP contribution is 2.40. The van der Waals surface area contributed by atoms with E-state index in [0.717, 1.165) is 12.8 Å². The van der Waals surface area contributed by atoms with E-state index in [1.54, 1.807) is 36.5 Å². The summed E-state index contributed by atoms with van der Waals surface area (Å²) in [5.74, 6) is -0.0230. The number of rotatable bonds is 6. The molecule has 3 aromatic rings. The van der Waals surface area contributed by atoms with E-state index in [0.29, 0.717) is 67.6 Å². The molecule has 2 N–H and O–H groups in total. The first kappa shape index (κ1) is 27.4. The predicted octanol–water partition coefficient (Wildman–Crippen LogP) is 1.80. The topological polar surface area (TPSA) is 122 Å². The van der Waals surface area contributed by atoms with E-state index >= 15 is 0 Å². The van der Waals surface area contributed by atoms with Gasteiger partial charge in [-0.05, 0) is 47.6 Å². The number of ether oxygens (including phenoxy) is 1. The predicted molar refractivity (Wildman–Crippen MR) is 154 cm³/mol. The van der Waals surface area contributed by atoms with E-state index in [-0.39, 0.29) is 41.6 Å². The zero-order valence-electron chi connectivity index (χ0n) is 23.8. The van der Waals surface area contributed by atoms with Crippen molar-refractivity contribution in [1.82, 2.24) is 19.0 Å². The van der Waals surface area contributed by atoms with Gasteiger partial charge in [0.05, 0.1) is 26.4 Å². The van der Waals surface area contributed by atoms with E-state index in [9.17, 15) is 19.5 Å². The highest BCUT2D eigenvalue weighted by molar-refractivity contribution is 6.06. The van der Waals surface area contributed by atoms with Crippen LogP contribution < -0.4 is 15.8 Å². The number of aromatic nitrogens is 3. The second-order valence-corrected chi connectivity index (χ2v) is 11.9. The van der Waals surface area contributed by atoms with Gasteiger partial charge in [0.15, 0.2) is 0 Å². The molecule has 3 aliphatic rings. The smallest absolute Gasteiger partial charge is 0.276 e. The summed E-state index contributed by atoms with van der Waals surface area (Å²) in [4.78, 5) is 47.5. The average molecular weight is 561 g/mol. The first-order valence-electron chi connectivity index (χ1n) is 14.1. The van der Waals surface area contributed by atoms with Gasteiger partial charge in [0.25, 0.3) is 11.5 Å². The number of pyridine rings is 2. The van der Waals surface area contributed by atoms with Crippen molar-refractivity contribution in [2.45, 2.75) is 39.8 Å². The fourth-order valence-corrected chi connectivity index (χ4v) is 6.35. The van der Waals surface area contributed by atoms with E-state index in [2.05, 4.69) is 28.7 Å². The molecule has 0 spiro atoms. The lowest BCUT2D eigenvalue weighted by molar-refractivity contribution is -0.118. The third-order valence-corrected chi connectivity index (χ3v) is 8.31. The van der Waals surface area contributed by atoms with Crippen LogP contribution in [-0.2, 0) is 42.6 Å². The van der Waals surface area contributed by atoms with Crippen molar-refractivity contribution in [3.63, 3.8) is 0 Å². The van der Waals surface area contributed by atoms with Crippen molar-refractivity contribution < 1.29 is 19.4 Å². The molecule has 216 valence electrons. The third-order valence-electron chi connectivity index (χ3n) is 8.31.